The highest BCUT2D eigenvalue weighted by Gasteiger charge is 2.29. The summed E-state index contributed by atoms with van der Waals surface area (Å²) < 4.78 is 18.2. The van der Waals surface area contributed by atoms with Crippen LogP contribution >= 0.6 is 0 Å². The highest BCUT2D eigenvalue weighted by molar-refractivity contribution is 5.94. The van der Waals surface area contributed by atoms with Gasteiger partial charge in [0.15, 0.2) is 0 Å². The van der Waals surface area contributed by atoms with Crippen LogP contribution in [-0.2, 0) is 4.79 Å². The van der Waals surface area contributed by atoms with Gasteiger partial charge in [-0.15, -0.1) is 0 Å². The number of hydrogen-bond donors (Lipinski definition) is 3. The minimum atomic E-state index is -0.322. The van der Waals surface area contributed by atoms with E-state index in [0.29, 0.717) is 12.3 Å². The molecule has 0 radical (unpaired) electrons. The molecule has 1 fully saturated rings. The zero-order valence-corrected chi connectivity index (χ0v) is 15.7. The maximum Gasteiger partial charge on any atom is 0.315 e. The smallest absolute Gasteiger partial charge is 0.315 e. The second kappa shape index (κ2) is 9.21. The van der Waals surface area contributed by atoms with E-state index in [1.165, 1.54) is 24.3 Å². The van der Waals surface area contributed by atoms with Crippen LogP contribution in [0.2, 0.25) is 0 Å². The number of anilines is 1. The normalized spacial score (nSPS) is 14.1. The summed E-state index contributed by atoms with van der Waals surface area (Å²) in [5.41, 5.74) is 1.69. The lowest BCUT2D eigenvalue weighted by Gasteiger charge is -2.16. The van der Waals surface area contributed by atoms with Crippen LogP contribution < -0.4 is 20.7 Å². The van der Waals surface area contributed by atoms with Crippen molar-refractivity contribution >= 4 is 17.6 Å². The molecule has 2 aromatic rings. The van der Waals surface area contributed by atoms with Crippen LogP contribution in [0.5, 0.6) is 5.75 Å². The van der Waals surface area contributed by atoms with Crippen LogP contribution in [0.1, 0.15) is 31.4 Å². The Morgan fingerprint density at radius 3 is 2.43 bits per heavy atom. The number of amides is 3. The molecular formula is C21H24FN3O3. The third-order valence-electron chi connectivity index (χ3n) is 4.44. The Morgan fingerprint density at radius 1 is 1.11 bits per heavy atom. The third kappa shape index (κ3) is 5.97. The number of carbonyl (C=O) groups excluding carboxylic acids is 2. The van der Waals surface area contributed by atoms with Gasteiger partial charge in [-0.1, -0.05) is 12.1 Å². The maximum absolute atomic E-state index is 12.8. The van der Waals surface area contributed by atoms with Crippen LogP contribution in [0.3, 0.4) is 0 Å². The zero-order chi connectivity index (χ0) is 19.9. The summed E-state index contributed by atoms with van der Waals surface area (Å²) in [6, 6.07) is 12.6. The molecule has 1 saturated carbocycles. The van der Waals surface area contributed by atoms with Crippen molar-refractivity contribution in [2.75, 3.05) is 18.5 Å². The average Bonchev–Trinajstić information content (AvgIpc) is 3.52. The molecule has 3 amide bonds. The molecule has 0 bridgehead atoms. The Kier molecular flexibility index (Phi) is 6.47. The third-order valence-corrected chi connectivity index (χ3v) is 4.44. The van der Waals surface area contributed by atoms with Gasteiger partial charge in [0.05, 0.1) is 12.6 Å². The first kappa shape index (κ1) is 19.7. The quantitative estimate of drug-likeness (QED) is 0.608. The average molecular weight is 385 g/mol. The Morgan fingerprint density at radius 2 is 1.79 bits per heavy atom. The fourth-order valence-corrected chi connectivity index (χ4v) is 2.64. The van der Waals surface area contributed by atoms with Crippen LogP contribution in [0, 0.1) is 11.7 Å². The number of ether oxygens (including phenoxy) is 1. The second-order valence-electron chi connectivity index (χ2n) is 6.81. The molecule has 7 heteroatoms. The molecule has 2 aromatic carbocycles. The van der Waals surface area contributed by atoms with Crippen LogP contribution in [0.15, 0.2) is 48.5 Å². The van der Waals surface area contributed by atoms with Crippen molar-refractivity contribution in [2.24, 2.45) is 5.92 Å². The van der Waals surface area contributed by atoms with E-state index in [4.69, 9.17) is 4.74 Å². The lowest BCUT2D eigenvalue weighted by atomic mass is 10.1. The van der Waals surface area contributed by atoms with Gasteiger partial charge < -0.3 is 20.7 Å². The molecule has 0 heterocycles. The Hall–Kier alpha value is -3.09. The van der Waals surface area contributed by atoms with Gasteiger partial charge in [-0.3, -0.25) is 4.79 Å². The summed E-state index contributed by atoms with van der Waals surface area (Å²) in [5, 5.41) is 8.45. The van der Waals surface area contributed by atoms with E-state index in [0.717, 1.165) is 24.1 Å². The van der Waals surface area contributed by atoms with Gasteiger partial charge in [0.2, 0.25) is 5.91 Å². The molecule has 1 aliphatic rings. The van der Waals surface area contributed by atoms with Crippen LogP contribution in [-0.4, -0.2) is 25.1 Å². The number of nitrogens with one attached hydrogen (secondary N) is 3. The molecule has 148 valence electrons. The molecule has 28 heavy (non-hydrogen) atoms. The Balaban J connectivity index is 1.37. The van der Waals surface area contributed by atoms with Gasteiger partial charge in [0, 0.05) is 11.6 Å². The molecule has 1 atom stereocenters. The first-order valence-corrected chi connectivity index (χ1v) is 9.35. The number of rotatable bonds is 8. The number of carbonyl (C=O) groups is 2. The van der Waals surface area contributed by atoms with E-state index in [9.17, 15) is 14.0 Å². The molecule has 6 nitrogen and oxygen atoms in total. The first-order valence-electron chi connectivity index (χ1n) is 9.35. The standard InChI is InChI=1S/C21H24FN3O3/c1-14(15-4-8-18(9-5-15)25-20(26)16-2-3-16)24-21(27)23-12-13-28-19-10-6-17(22)7-11-19/h4-11,14,16H,2-3,12-13H2,1H3,(H,25,26)(H2,23,24,27). The van der Waals surface area contributed by atoms with E-state index in [2.05, 4.69) is 16.0 Å². The van der Waals surface area contributed by atoms with Crippen molar-refractivity contribution in [3.8, 4) is 5.75 Å². The molecule has 3 rings (SSSR count). The van der Waals surface area contributed by atoms with Gasteiger partial charge in [-0.25, -0.2) is 9.18 Å². The van der Waals surface area contributed by atoms with E-state index in [1.807, 2.05) is 31.2 Å². The molecule has 0 spiro atoms. The molecule has 1 aliphatic carbocycles. The lowest BCUT2D eigenvalue weighted by Crippen LogP contribution is -2.38. The summed E-state index contributed by atoms with van der Waals surface area (Å²) in [7, 11) is 0. The van der Waals surface area contributed by atoms with Crippen molar-refractivity contribution in [1.82, 2.24) is 10.6 Å². The van der Waals surface area contributed by atoms with E-state index in [1.54, 1.807) is 0 Å². The van der Waals surface area contributed by atoms with E-state index >= 15 is 0 Å². The van der Waals surface area contributed by atoms with Gasteiger partial charge in [0.1, 0.15) is 18.2 Å². The Labute approximate surface area is 163 Å². The number of urea groups is 1. The van der Waals surface area contributed by atoms with Crippen LogP contribution in [0.4, 0.5) is 14.9 Å². The first-order chi connectivity index (χ1) is 13.5. The predicted octanol–water partition coefficient (Wildman–Crippen LogP) is 3.61. The number of benzene rings is 2. The molecule has 0 aliphatic heterocycles. The molecule has 3 N–H and O–H groups in total. The summed E-state index contributed by atoms with van der Waals surface area (Å²) in [4.78, 5) is 23.8. The molecule has 0 aromatic heterocycles. The molecule has 0 saturated heterocycles. The minimum Gasteiger partial charge on any atom is -0.492 e. The van der Waals surface area contributed by atoms with Gasteiger partial charge in [-0.05, 0) is 61.7 Å². The summed E-state index contributed by atoms with van der Waals surface area (Å²) >= 11 is 0. The fourth-order valence-electron chi connectivity index (χ4n) is 2.64. The largest absolute Gasteiger partial charge is 0.492 e. The minimum absolute atomic E-state index is 0.0705. The van der Waals surface area contributed by atoms with E-state index in [-0.39, 0.29) is 36.3 Å². The topological polar surface area (TPSA) is 79.5 Å². The van der Waals surface area contributed by atoms with Crippen molar-refractivity contribution in [3.05, 3.63) is 59.9 Å². The summed E-state index contributed by atoms with van der Waals surface area (Å²) in [5.74, 6) is 0.458. The Bertz CT molecular complexity index is 805. The fraction of sp³-hybridized carbons (Fsp3) is 0.333. The zero-order valence-electron chi connectivity index (χ0n) is 15.7. The number of halogens is 1. The molecular weight excluding hydrogens is 361 g/mol. The van der Waals surface area contributed by atoms with E-state index < -0.39 is 0 Å². The van der Waals surface area contributed by atoms with Gasteiger partial charge >= 0.3 is 6.03 Å². The van der Waals surface area contributed by atoms with Crippen molar-refractivity contribution in [1.29, 1.82) is 0 Å². The monoisotopic (exact) mass is 385 g/mol. The summed E-state index contributed by atoms with van der Waals surface area (Å²) in [6.07, 6.45) is 1.93. The SMILES string of the molecule is CC(NC(=O)NCCOc1ccc(F)cc1)c1ccc(NC(=O)C2CC2)cc1. The van der Waals surface area contributed by atoms with Crippen molar-refractivity contribution < 1.29 is 18.7 Å². The highest BCUT2D eigenvalue weighted by Crippen LogP contribution is 2.30. The van der Waals surface area contributed by atoms with Crippen molar-refractivity contribution in [2.45, 2.75) is 25.8 Å². The van der Waals surface area contributed by atoms with Crippen LogP contribution in [0.25, 0.3) is 0 Å². The highest BCUT2D eigenvalue weighted by atomic mass is 19.1. The lowest BCUT2D eigenvalue weighted by molar-refractivity contribution is -0.117. The van der Waals surface area contributed by atoms with Gasteiger partial charge in [-0.2, -0.15) is 0 Å². The van der Waals surface area contributed by atoms with Crippen molar-refractivity contribution in [3.63, 3.8) is 0 Å². The summed E-state index contributed by atoms with van der Waals surface area (Å²) in [6.45, 7) is 2.48. The second-order valence-corrected chi connectivity index (χ2v) is 6.81. The maximum atomic E-state index is 12.8. The predicted molar refractivity (Wildman–Crippen MR) is 105 cm³/mol. The van der Waals surface area contributed by atoms with Gasteiger partial charge in [0.25, 0.3) is 0 Å². The molecule has 1 unspecified atom stereocenters. The number of hydrogen-bond acceptors (Lipinski definition) is 3.